The number of nitrogens with zero attached hydrogens (tertiary/aromatic N) is 3. The monoisotopic (exact) mass is 441 g/mol. The van der Waals surface area contributed by atoms with Crippen molar-refractivity contribution in [2.45, 2.75) is 25.6 Å². The van der Waals surface area contributed by atoms with E-state index in [0.717, 1.165) is 27.7 Å². The predicted molar refractivity (Wildman–Crippen MR) is 116 cm³/mol. The number of benzene rings is 1. The van der Waals surface area contributed by atoms with Crippen molar-refractivity contribution < 1.29 is 14.2 Å². The molecule has 6 nitrogen and oxygen atoms in total. The molecule has 0 fully saturated rings. The fourth-order valence-electron chi connectivity index (χ4n) is 3.50. The third-order valence-corrected chi connectivity index (χ3v) is 6.43. The Morgan fingerprint density at radius 2 is 2.13 bits per heavy atom. The van der Waals surface area contributed by atoms with E-state index in [1.54, 1.807) is 20.5 Å². The molecule has 0 amide bonds. The van der Waals surface area contributed by atoms with Crippen LogP contribution in [0.1, 0.15) is 34.9 Å². The van der Waals surface area contributed by atoms with Crippen LogP contribution in [-0.2, 0) is 15.9 Å². The zero-order chi connectivity index (χ0) is 21.3. The highest BCUT2D eigenvalue weighted by atomic mass is 35.5. The largest absolute Gasteiger partial charge is 0.498 e. The summed E-state index contributed by atoms with van der Waals surface area (Å²) in [6.07, 6.45) is 3.79. The van der Waals surface area contributed by atoms with Gasteiger partial charge in [0.15, 0.2) is 5.75 Å². The van der Waals surface area contributed by atoms with Gasteiger partial charge in [-0.1, -0.05) is 29.8 Å². The van der Waals surface area contributed by atoms with Gasteiger partial charge >= 0.3 is 0 Å². The molecule has 1 aliphatic carbocycles. The first-order valence-electron chi connectivity index (χ1n) is 9.35. The average molecular weight is 442 g/mol. The lowest BCUT2D eigenvalue weighted by molar-refractivity contribution is 0.0784. The van der Waals surface area contributed by atoms with Crippen LogP contribution >= 0.6 is 22.9 Å². The molecule has 4 rings (SSSR count). The Kier molecular flexibility index (Phi) is 5.82. The highest BCUT2D eigenvalue weighted by Crippen LogP contribution is 2.37. The van der Waals surface area contributed by atoms with Crippen LogP contribution in [0.3, 0.4) is 0 Å². The van der Waals surface area contributed by atoms with Gasteiger partial charge in [0, 0.05) is 36.3 Å². The lowest BCUT2D eigenvalue weighted by Crippen LogP contribution is -2.23. The molecule has 2 aromatic heterocycles. The van der Waals surface area contributed by atoms with Crippen molar-refractivity contribution in [3.63, 3.8) is 0 Å². The van der Waals surface area contributed by atoms with Gasteiger partial charge < -0.3 is 14.2 Å². The van der Waals surface area contributed by atoms with Crippen molar-refractivity contribution in [1.82, 2.24) is 9.55 Å². The maximum Gasteiger partial charge on any atom is 0.151 e. The summed E-state index contributed by atoms with van der Waals surface area (Å²) in [6.45, 7) is 1.92. The summed E-state index contributed by atoms with van der Waals surface area (Å²) in [6, 6.07) is 11.6. The first kappa shape index (κ1) is 20.5. The Balaban J connectivity index is 1.67. The van der Waals surface area contributed by atoms with Gasteiger partial charge in [-0.2, -0.15) is 5.26 Å². The third kappa shape index (κ3) is 3.70. The molecule has 1 aliphatic rings. The number of hydrogen-bond donors (Lipinski definition) is 0. The SMILES string of the molecule is COC1=Cc2ncn(-c3cc(O[C@H](C)c4ccccc4Cl)c(C#N)s3)c2CC1OC. The second-order valence-corrected chi connectivity index (χ2v) is 8.24. The molecule has 0 bridgehead atoms. The van der Waals surface area contributed by atoms with Crippen LogP contribution in [0.5, 0.6) is 5.75 Å². The lowest BCUT2D eigenvalue weighted by Gasteiger charge is -2.22. The van der Waals surface area contributed by atoms with Crippen LogP contribution in [0.4, 0.5) is 0 Å². The van der Waals surface area contributed by atoms with Gasteiger partial charge in [-0.3, -0.25) is 4.57 Å². The Bertz CT molecular complexity index is 1140. The highest BCUT2D eigenvalue weighted by molar-refractivity contribution is 7.15. The van der Waals surface area contributed by atoms with E-state index in [-0.39, 0.29) is 12.2 Å². The highest BCUT2D eigenvalue weighted by Gasteiger charge is 2.27. The number of thiophene rings is 1. The number of ether oxygens (including phenoxy) is 3. The first-order chi connectivity index (χ1) is 14.5. The van der Waals surface area contributed by atoms with Crippen molar-refractivity contribution in [2.75, 3.05) is 14.2 Å². The number of aromatic nitrogens is 2. The van der Waals surface area contributed by atoms with Gasteiger partial charge in [0.2, 0.25) is 0 Å². The Labute approximate surface area is 183 Å². The van der Waals surface area contributed by atoms with Gasteiger partial charge in [0.1, 0.15) is 40.2 Å². The summed E-state index contributed by atoms with van der Waals surface area (Å²) in [5.74, 6) is 1.27. The number of rotatable bonds is 6. The number of halogens is 1. The molecule has 154 valence electrons. The maximum absolute atomic E-state index is 9.64. The summed E-state index contributed by atoms with van der Waals surface area (Å²) in [4.78, 5) is 5.00. The summed E-state index contributed by atoms with van der Waals surface area (Å²) < 4.78 is 19.1. The fraction of sp³-hybridized carbons (Fsp3) is 0.273. The maximum atomic E-state index is 9.64. The van der Waals surface area contributed by atoms with Crippen molar-refractivity contribution in [3.05, 3.63) is 69.3 Å². The van der Waals surface area contributed by atoms with Crippen molar-refractivity contribution in [3.8, 4) is 16.8 Å². The molecule has 3 aromatic rings. The lowest BCUT2D eigenvalue weighted by atomic mass is 10.0. The second kappa shape index (κ2) is 8.52. The number of methoxy groups -OCH3 is 2. The van der Waals surface area contributed by atoms with Gasteiger partial charge in [-0.05, 0) is 13.0 Å². The van der Waals surface area contributed by atoms with E-state index < -0.39 is 0 Å². The van der Waals surface area contributed by atoms with Crippen molar-refractivity contribution >= 4 is 29.0 Å². The average Bonchev–Trinajstić information content (AvgIpc) is 3.35. The Morgan fingerprint density at radius 1 is 1.33 bits per heavy atom. The zero-order valence-corrected chi connectivity index (χ0v) is 18.3. The van der Waals surface area contributed by atoms with Crippen LogP contribution < -0.4 is 4.74 Å². The molecule has 0 saturated carbocycles. The molecule has 2 heterocycles. The van der Waals surface area contributed by atoms with Crippen LogP contribution in [-0.4, -0.2) is 29.9 Å². The summed E-state index contributed by atoms with van der Waals surface area (Å²) >= 11 is 7.65. The molecule has 0 aliphatic heterocycles. The van der Waals surface area contributed by atoms with Gasteiger partial charge in [0.05, 0.1) is 18.5 Å². The van der Waals surface area contributed by atoms with E-state index in [1.165, 1.54) is 11.3 Å². The zero-order valence-electron chi connectivity index (χ0n) is 16.8. The molecule has 1 aromatic carbocycles. The minimum atomic E-state index is -0.296. The number of nitriles is 1. The van der Waals surface area contributed by atoms with Gasteiger partial charge in [-0.15, -0.1) is 11.3 Å². The van der Waals surface area contributed by atoms with Crippen molar-refractivity contribution in [1.29, 1.82) is 5.26 Å². The normalized spacial score (nSPS) is 16.4. The first-order valence-corrected chi connectivity index (χ1v) is 10.5. The number of hydrogen-bond acceptors (Lipinski definition) is 6. The van der Waals surface area contributed by atoms with Crippen molar-refractivity contribution in [2.24, 2.45) is 0 Å². The van der Waals surface area contributed by atoms with E-state index in [4.69, 9.17) is 25.8 Å². The molecule has 2 atom stereocenters. The number of imidazole rings is 1. The van der Waals surface area contributed by atoms with Gasteiger partial charge in [0.25, 0.3) is 0 Å². The molecule has 1 unspecified atom stereocenters. The van der Waals surface area contributed by atoms with Crippen LogP contribution in [0, 0.1) is 11.3 Å². The standard InChI is InChI=1S/C22H20ClN3O3S/c1-13(14-6-4-5-7-15(14)23)29-20-10-22(30-21(20)11-24)26-12-25-16-8-18(27-2)19(28-3)9-17(16)26/h4-8,10,12-13,19H,9H2,1-3H3/t13-,19?/m1/s1. The summed E-state index contributed by atoms with van der Waals surface area (Å²) in [7, 11) is 3.28. The molecule has 0 N–H and O–H groups in total. The Morgan fingerprint density at radius 3 is 2.83 bits per heavy atom. The summed E-state index contributed by atoms with van der Waals surface area (Å²) in [5.41, 5.74) is 2.70. The number of fused-ring (bicyclic) bond motifs is 1. The molecule has 8 heteroatoms. The van der Waals surface area contributed by atoms with Crippen LogP contribution in [0.2, 0.25) is 5.02 Å². The molecule has 0 spiro atoms. The smallest absolute Gasteiger partial charge is 0.151 e. The van der Waals surface area contributed by atoms with E-state index in [1.807, 2.05) is 47.9 Å². The van der Waals surface area contributed by atoms with E-state index in [0.29, 0.717) is 22.1 Å². The minimum absolute atomic E-state index is 0.177. The molecule has 0 saturated heterocycles. The van der Waals surface area contributed by atoms with E-state index in [9.17, 15) is 5.26 Å². The third-order valence-electron chi connectivity index (χ3n) is 5.06. The topological polar surface area (TPSA) is 69.3 Å². The quantitative estimate of drug-likeness (QED) is 0.528. The van der Waals surface area contributed by atoms with E-state index in [2.05, 4.69) is 11.1 Å². The summed E-state index contributed by atoms with van der Waals surface area (Å²) in [5, 5.41) is 11.1. The second-order valence-electron chi connectivity index (χ2n) is 6.80. The van der Waals surface area contributed by atoms with Crippen LogP contribution in [0.25, 0.3) is 11.1 Å². The predicted octanol–water partition coefficient (Wildman–Crippen LogP) is 5.16. The Hall–Kier alpha value is -2.79. The fourth-order valence-corrected chi connectivity index (χ4v) is 4.67. The molecular formula is C22H20ClN3O3S. The molecule has 0 radical (unpaired) electrons. The molecule has 30 heavy (non-hydrogen) atoms. The minimum Gasteiger partial charge on any atom is -0.498 e. The van der Waals surface area contributed by atoms with E-state index >= 15 is 0 Å². The van der Waals surface area contributed by atoms with Gasteiger partial charge in [-0.25, -0.2) is 4.98 Å². The van der Waals surface area contributed by atoms with Crippen LogP contribution in [0.15, 0.2) is 42.4 Å². The molecular weight excluding hydrogens is 422 g/mol.